The highest BCUT2D eigenvalue weighted by atomic mass is 16.5. The Kier molecular flexibility index (Phi) is 5.76. The monoisotopic (exact) mass is 325 g/mol. The van der Waals surface area contributed by atoms with Gasteiger partial charge < -0.3 is 14.4 Å². The predicted molar refractivity (Wildman–Crippen MR) is 98.0 cm³/mol. The van der Waals surface area contributed by atoms with Crippen molar-refractivity contribution in [2.45, 2.75) is 31.8 Å². The second-order valence-electron chi connectivity index (χ2n) is 6.60. The van der Waals surface area contributed by atoms with Gasteiger partial charge in [0.05, 0.1) is 7.11 Å². The van der Waals surface area contributed by atoms with Gasteiger partial charge in [0.1, 0.15) is 17.6 Å². The molecule has 1 aliphatic rings. The fourth-order valence-corrected chi connectivity index (χ4v) is 3.33. The summed E-state index contributed by atoms with van der Waals surface area (Å²) < 4.78 is 11.6. The molecule has 3 nitrogen and oxygen atoms in total. The Labute approximate surface area is 145 Å². The Balaban J connectivity index is 1.65. The fraction of sp³-hybridized carbons (Fsp3) is 0.429. The summed E-state index contributed by atoms with van der Waals surface area (Å²) in [5, 5.41) is 0. The summed E-state index contributed by atoms with van der Waals surface area (Å²) in [6, 6.07) is 16.8. The van der Waals surface area contributed by atoms with Crippen LogP contribution in [0.1, 0.15) is 24.0 Å². The molecule has 0 radical (unpaired) electrons. The molecule has 3 heteroatoms. The van der Waals surface area contributed by atoms with Gasteiger partial charge in [-0.1, -0.05) is 30.3 Å². The van der Waals surface area contributed by atoms with Crippen molar-refractivity contribution < 1.29 is 9.47 Å². The largest absolute Gasteiger partial charge is 0.497 e. The van der Waals surface area contributed by atoms with Crippen molar-refractivity contribution in [2.24, 2.45) is 0 Å². The molecule has 1 aliphatic heterocycles. The average Bonchev–Trinajstić information content (AvgIpc) is 2.61. The van der Waals surface area contributed by atoms with Gasteiger partial charge >= 0.3 is 0 Å². The first kappa shape index (κ1) is 16.8. The van der Waals surface area contributed by atoms with Crippen LogP contribution < -0.4 is 9.47 Å². The molecular formula is C21H27NO2. The Morgan fingerprint density at radius 2 is 1.96 bits per heavy atom. The molecule has 128 valence electrons. The number of likely N-dealkylation sites (tertiary alicyclic amines) is 1. The minimum atomic E-state index is 0.307. The minimum absolute atomic E-state index is 0.307. The Morgan fingerprint density at radius 1 is 1.08 bits per heavy atom. The van der Waals surface area contributed by atoms with E-state index in [1.807, 2.05) is 6.07 Å². The van der Waals surface area contributed by atoms with Crippen LogP contribution in [0.15, 0.2) is 48.5 Å². The Morgan fingerprint density at radius 3 is 2.79 bits per heavy atom. The molecule has 0 bridgehead atoms. The smallest absolute Gasteiger partial charge is 0.122 e. The summed E-state index contributed by atoms with van der Waals surface area (Å²) in [7, 11) is 3.88. The molecule has 0 N–H and O–H groups in total. The normalized spacial score (nSPS) is 18.3. The van der Waals surface area contributed by atoms with E-state index < -0.39 is 0 Å². The maximum Gasteiger partial charge on any atom is 0.122 e. The van der Waals surface area contributed by atoms with E-state index >= 15 is 0 Å². The van der Waals surface area contributed by atoms with Gasteiger partial charge in [-0.25, -0.2) is 0 Å². The number of aryl methyl sites for hydroxylation is 2. The molecule has 3 rings (SSSR count). The van der Waals surface area contributed by atoms with Crippen LogP contribution in [0.4, 0.5) is 0 Å². The van der Waals surface area contributed by atoms with E-state index in [1.165, 1.54) is 24.1 Å². The number of methoxy groups -OCH3 is 1. The molecular weight excluding hydrogens is 298 g/mol. The first-order chi connectivity index (χ1) is 11.7. The zero-order chi connectivity index (χ0) is 16.8. The van der Waals surface area contributed by atoms with Gasteiger partial charge in [-0.3, -0.25) is 0 Å². The van der Waals surface area contributed by atoms with Crippen LogP contribution in [0.2, 0.25) is 0 Å². The van der Waals surface area contributed by atoms with E-state index in [0.717, 1.165) is 37.3 Å². The van der Waals surface area contributed by atoms with E-state index in [2.05, 4.69) is 54.4 Å². The summed E-state index contributed by atoms with van der Waals surface area (Å²) in [5.41, 5.74) is 2.58. The number of nitrogens with zero attached hydrogens (tertiary/aromatic N) is 1. The quantitative estimate of drug-likeness (QED) is 0.802. The third-order valence-electron chi connectivity index (χ3n) is 4.66. The second kappa shape index (κ2) is 8.20. The van der Waals surface area contributed by atoms with Crippen LogP contribution in [0.25, 0.3) is 0 Å². The molecule has 1 fully saturated rings. The Bertz CT molecular complexity index is 656. The standard InChI is InChI=1S/C21H27NO2/c1-22-14-6-10-20(16-22)24-21-11-4-3-8-18(21)13-12-17-7-5-9-19(15-17)23-2/h3-5,7-9,11,15,20H,6,10,12-14,16H2,1-2H3. The lowest BCUT2D eigenvalue weighted by atomic mass is 10.0. The van der Waals surface area contributed by atoms with Crippen molar-refractivity contribution in [2.75, 3.05) is 27.2 Å². The van der Waals surface area contributed by atoms with Crippen molar-refractivity contribution in [1.82, 2.24) is 4.90 Å². The maximum absolute atomic E-state index is 6.32. The molecule has 1 atom stereocenters. The van der Waals surface area contributed by atoms with Crippen molar-refractivity contribution in [1.29, 1.82) is 0 Å². The number of hydrogen-bond acceptors (Lipinski definition) is 3. The molecule has 0 spiro atoms. The van der Waals surface area contributed by atoms with Gasteiger partial charge in [0.2, 0.25) is 0 Å². The highest BCUT2D eigenvalue weighted by Gasteiger charge is 2.19. The molecule has 2 aromatic carbocycles. The van der Waals surface area contributed by atoms with E-state index in [4.69, 9.17) is 9.47 Å². The molecule has 1 heterocycles. The molecule has 0 aromatic heterocycles. The topological polar surface area (TPSA) is 21.7 Å². The fourth-order valence-electron chi connectivity index (χ4n) is 3.33. The van der Waals surface area contributed by atoms with E-state index in [-0.39, 0.29) is 0 Å². The number of rotatable bonds is 6. The third kappa shape index (κ3) is 4.51. The van der Waals surface area contributed by atoms with Crippen molar-refractivity contribution in [3.8, 4) is 11.5 Å². The molecule has 2 aromatic rings. The number of hydrogen-bond donors (Lipinski definition) is 0. The SMILES string of the molecule is COc1cccc(CCc2ccccc2OC2CCCN(C)C2)c1. The zero-order valence-corrected chi connectivity index (χ0v) is 14.7. The van der Waals surface area contributed by atoms with Crippen LogP contribution >= 0.6 is 0 Å². The van der Waals surface area contributed by atoms with Gasteiger partial charge in [-0.15, -0.1) is 0 Å². The average molecular weight is 325 g/mol. The van der Waals surface area contributed by atoms with E-state index in [1.54, 1.807) is 7.11 Å². The van der Waals surface area contributed by atoms with Crippen LogP contribution in [0.3, 0.4) is 0 Å². The molecule has 0 saturated carbocycles. The van der Waals surface area contributed by atoms with Crippen LogP contribution in [-0.2, 0) is 12.8 Å². The van der Waals surface area contributed by atoms with E-state index in [0.29, 0.717) is 6.10 Å². The first-order valence-electron chi connectivity index (χ1n) is 8.80. The van der Waals surface area contributed by atoms with Crippen LogP contribution in [0.5, 0.6) is 11.5 Å². The second-order valence-corrected chi connectivity index (χ2v) is 6.60. The number of ether oxygens (including phenoxy) is 2. The maximum atomic E-state index is 6.32. The zero-order valence-electron chi connectivity index (χ0n) is 14.7. The lowest BCUT2D eigenvalue weighted by Crippen LogP contribution is -2.38. The highest BCUT2D eigenvalue weighted by Crippen LogP contribution is 2.24. The first-order valence-corrected chi connectivity index (χ1v) is 8.80. The minimum Gasteiger partial charge on any atom is -0.497 e. The van der Waals surface area contributed by atoms with Gasteiger partial charge in [0, 0.05) is 6.54 Å². The molecule has 0 aliphatic carbocycles. The summed E-state index contributed by atoms with van der Waals surface area (Å²) in [6.07, 6.45) is 4.64. The van der Waals surface area contributed by atoms with Crippen molar-refractivity contribution in [3.63, 3.8) is 0 Å². The molecule has 1 saturated heterocycles. The predicted octanol–water partition coefficient (Wildman–Crippen LogP) is 3.95. The van der Waals surface area contributed by atoms with Crippen LogP contribution in [0, 0.1) is 0 Å². The van der Waals surface area contributed by atoms with Crippen molar-refractivity contribution >= 4 is 0 Å². The summed E-state index contributed by atoms with van der Waals surface area (Å²) >= 11 is 0. The lowest BCUT2D eigenvalue weighted by Gasteiger charge is -2.30. The number of likely N-dealkylation sites (N-methyl/N-ethyl adjacent to an activating group) is 1. The van der Waals surface area contributed by atoms with Crippen LogP contribution in [-0.4, -0.2) is 38.3 Å². The van der Waals surface area contributed by atoms with E-state index in [9.17, 15) is 0 Å². The van der Waals surface area contributed by atoms with Gasteiger partial charge in [0.25, 0.3) is 0 Å². The van der Waals surface area contributed by atoms with Gasteiger partial charge in [-0.2, -0.15) is 0 Å². The number of piperidine rings is 1. The third-order valence-corrected chi connectivity index (χ3v) is 4.66. The summed E-state index contributed by atoms with van der Waals surface area (Å²) in [5.74, 6) is 1.96. The van der Waals surface area contributed by atoms with Gasteiger partial charge in [0.15, 0.2) is 0 Å². The molecule has 1 unspecified atom stereocenters. The number of benzene rings is 2. The summed E-state index contributed by atoms with van der Waals surface area (Å²) in [4.78, 5) is 2.35. The summed E-state index contributed by atoms with van der Waals surface area (Å²) in [6.45, 7) is 2.20. The number of para-hydroxylation sites is 1. The van der Waals surface area contributed by atoms with Crippen molar-refractivity contribution in [3.05, 3.63) is 59.7 Å². The Hall–Kier alpha value is -2.00. The molecule has 24 heavy (non-hydrogen) atoms. The lowest BCUT2D eigenvalue weighted by molar-refractivity contribution is 0.103. The van der Waals surface area contributed by atoms with Gasteiger partial charge in [-0.05, 0) is 68.6 Å². The molecule has 0 amide bonds. The highest BCUT2D eigenvalue weighted by molar-refractivity contribution is 5.35.